The molecule has 0 N–H and O–H groups in total. The largest absolute Gasteiger partial charge is 0.310 e. The predicted molar refractivity (Wildman–Crippen MR) is 529 cm³/mol. The predicted octanol–water partition coefficient (Wildman–Crippen LogP) is 28.3. The molecule has 0 spiro atoms. The lowest BCUT2D eigenvalue weighted by atomic mass is 9.91. The summed E-state index contributed by atoms with van der Waals surface area (Å²) in [6.07, 6.45) is 17.5. The first kappa shape index (κ1) is 86.0. The average Bonchev–Trinajstić information content (AvgIpc) is 1.70. The van der Waals surface area contributed by atoms with E-state index in [1.807, 2.05) is 84.0 Å². The zero-order valence-corrected chi connectivity index (χ0v) is 75.8. The normalized spacial score (nSPS) is 13.1. The van der Waals surface area contributed by atoms with Gasteiger partial charge >= 0.3 is 0 Å². The quantitative estimate of drug-likeness (QED) is 0.0614. The molecule has 0 amide bonds. The van der Waals surface area contributed by atoms with Gasteiger partial charge in [0.05, 0.1) is 46.1 Å². The minimum absolute atomic E-state index is 0.0457. The first-order chi connectivity index (χ1) is 64.0. The standard InChI is InChI=1S/C38H21F2N3O2S3.C37H34N4O2S.C34H21N3O2S/c39-23-3-9-26(10-4-23)43(27-11-5-24(40)6-12-27)25-7-1-22(2-8-25)30-15-16-33(47-30)34-18-17-32(48-34)31-14-13-28(46-31)21-29-37(44)35-36(38(29)45)42-20-19-41-35;1-36(2,3)32-15-11-25(20-39-32)41(26-12-16-33(40-21-26)37(4,5)6)24-9-7-23(8-10-24)31-14-13-27(44-31)19-29-34(42)28-17-18-38-22-30(28)35(29)43;38-33-29(34(39)32-31(33)35-18-19-36-32)21-28-16-17-30(40-28)23-11-13-26(14-12-23)37(25-8-2-1-3-9-25)27-15-10-22-6-4-5-7-24(22)20-27/h1-21H;7-22H,1-6H3;1-21H/b;29-19-;. The van der Waals surface area contributed by atoms with Crippen LogP contribution in [0.15, 0.2) is 351 Å². The Bertz CT molecular complexity index is 7400. The number of anilines is 9. The second-order valence-electron chi connectivity index (χ2n) is 33.3. The number of para-hydroxylation sites is 1. The van der Waals surface area contributed by atoms with E-state index in [9.17, 15) is 37.5 Å². The second-order valence-corrected chi connectivity index (χ2v) is 38.8. The number of fused-ring (bicyclic) bond motifs is 4. The molecular formula is C109H76F2N10O6S5. The maximum absolute atomic E-state index is 13.7. The van der Waals surface area contributed by atoms with Crippen LogP contribution in [0.4, 0.5) is 60.0 Å². The van der Waals surface area contributed by atoms with Gasteiger partial charge in [-0.1, -0.05) is 126 Å². The highest BCUT2D eigenvalue weighted by Gasteiger charge is 2.38. The van der Waals surface area contributed by atoms with Crippen LogP contribution in [0.1, 0.15) is 130 Å². The van der Waals surface area contributed by atoms with Gasteiger partial charge in [0.1, 0.15) is 34.4 Å². The van der Waals surface area contributed by atoms with Gasteiger partial charge in [0.2, 0.25) is 23.1 Å². The van der Waals surface area contributed by atoms with Gasteiger partial charge in [-0.15, -0.1) is 56.7 Å². The molecule has 0 fully saturated rings. The molecule has 23 heteroatoms. The maximum Gasteiger partial charge on any atom is 0.217 e. The van der Waals surface area contributed by atoms with E-state index < -0.39 is 11.6 Å². The van der Waals surface area contributed by atoms with Crippen LogP contribution in [0, 0.1) is 11.6 Å². The molecule has 10 aromatic heterocycles. The minimum atomic E-state index is -0.391. The zero-order chi connectivity index (χ0) is 91.1. The number of halogens is 2. The third kappa shape index (κ3) is 17.8. The van der Waals surface area contributed by atoms with Crippen molar-refractivity contribution < 1.29 is 37.5 Å². The highest BCUT2D eigenvalue weighted by molar-refractivity contribution is 7.27. The van der Waals surface area contributed by atoms with E-state index in [0.29, 0.717) is 11.1 Å². The highest BCUT2D eigenvalue weighted by atomic mass is 32.1. The monoisotopic (exact) mass is 1820 g/mol. The highest BCUT2D eigenvalue weighted by Crippen LogP contribution is 2.47. The van der Waals surface area contributed by atoms with Gasteiger partial charge in [0.15, 0.2) is 11.6 Å². The van der Waals surface area contributed by atoms with Gasteiger partial charge in [-0.3, -0.25) is 43.7 Å². The maximum atomic E-state index is 13.7. The summed E-state index contributed by atoms with van der Waals surface area (Å²) in [4.78, 5) is 123. The summed E-state index contributed by atoms with van der Waals surface area (Å²) >= 11 is 7.97. The van der Waals surface area contributed by atoms with Crippen molar-refractivity contribution in [3.63, 3.8) is 0 Å². The second kappa shape index (κ2) is 36.3. The van der Waals surface area contributed by atoms with Crippen LogP contribution in [0.5, 0.6) is 0 Å². The molecule has 0 bridgehead atoms. The van der Waals surface area contributed by atoms with Crippen LogP contribution >= 0.6 is 56.7 Å². The van der Waals surface area contributed by atoms with E-state index in [1.54, 1.807) is 82.6 Å². The third-order valence-electron chi connectivity index (χ3n) is 22.4. The molecule has 0 saturated carbocycles. The summed E-state index contributed by atoms with van der Waals surface area (Å²) < 4.78 is 27.4. The molecule has 10 heterocycles. The van der Waals surface area contributed by atoms with Crippen LogP contribution < -0.4 is 14.7 Å². The minimum Gasteiger partial charge on any atom is -0.310 e. The zero-order valence-electron chi connectivity index (χ0n) is 71.7. The van der Waals surface area contributed by atoms with Gasteiger partial charge in [0.25, 0.3) is 0 Å². The average molecular weight is 1820 g/mol. The number of hydrogen-bond acceptors (Lipinski definition) is 21. The van der Waals surface area contributed by atoms with Crippen LogP contribution in [-0.2, 0) is 10.8 Å². The SMILES string of the molecule is CC(C)(C)c1ccc(N(c2ccc(-c3ccc(/C=C4/C(=O)c5ccncc5C4=O)s3)cc2)c2ccc(C(C)(C)C)nc2)cn1.O=C1C(=Cc2ccc(-c3ccc(-c4ccc(-c5ccc(N(c6ccc(F)cc6)c6ccc(F)cc6)cc5)s4)s3)s2)C(=O)c2nccnc21.O=C1C(=Cc2ccc(-c3ccc(N(c4ccccc4)c4ccc5ccccc5c4)cc3)s2)C(=O)c2nccnc21. The van der Waals surface area contributed by atoms with Crippen LogP contribution in [0.2, 0.25) is 0 Å². The number of aromatic nitrogens is 7. The lowest BCUT2D eigenvalue weighted by Crippen LogP contribution is -2.16. The molecule has 0 unspecified atom stereocenters. The number of Topliss-reactive ketones (excluding diaryl/α,β-unsaturated/α-hetero) is 6. The van der Waals surface area contributed by atoms with Gasteiger partial charge < -0.3 is 14.7 Å². The molecule has 0 radical (unpaired) electrons. The van der Waals surface area contributed by atoms with Crippen LogP contribution in [0.3, 0.4) is 0 Å². The fraction of sp³-hybridized carbons (Fsp3) is 0.0734. The van der Waals surface area contributed by atoms with E-state index >= 15 is 0 Å². The molecular weight excluding hydrogens is 1740 g/mol. The van der Waals surface area contributed by atoms with E-state index in [1.165, 1.54) is 94.9 Å². The van der Waals surface area contributed by atoms with E-state index in [-0.39, 0.29) is 85.1 Å². The van der Waals surface area contributed by atoms with Crippen molar-refractivity contribution in [1.29, 1.82) is 0 Å². The van der Waals surface area contributed by atoms with E-state index in [0.717, 1.165) is 128 Å². The van der Waals surface area contributed by atoms with Gasteiger partial charge in [-0.25, -0.2) is 28.7 Å². The van der Waals surface area contributed by atoms with Crippen molar-refractivity contribution in [3.8, 4) is 50.8 Å². The Balaban J connectivity index is 0.000000128. The van der Waals surface area contributed by atoms with Crippen molar-refractivity contribution in [3.05, 3.63) is 423 Å². The molecule has 0 saturated heterocycles. The number of carbonyl (C=O) groups excluding carboxylic acids is 6. The van der Waals surface area contributed by atoms with Crippen molar-refractivity contribution >= 4 is 172 Å². The lowest BCUT2D eigenvalue weighted by Gasteiger charge is -2.27. The smallest absolute Gasteiger partial charge is 0.217 e. The first-order valence-corrected chi connectivity index (χ1v) is 46.2. The van der Waals surface area contributed by atoms with E-state index in [4.69, 9.17) is 9.97 Å². The lowest BCUT2D eigenvalue weighted by molar-refractivity contribution is 0.0972. The molecule has 642 valence electrons. The molecule has 0 aliphatic heterocycles. The Morgan fingerprint density at radius 3 is 1.00 bits per heavy atom. The van der Waals surface area contributed by atoms with E-state index in [2.05, 4.69) is 240 Å². The Hall–Kier alpha value is -15.4. The number of carbonyl (C=O) groups is 6. The number of rotatable bonds is 17. The van der Waals surface area contributed by atoms with Crippen LogP contribution in [-0.4, -0.2) is 69.6 Å². The first-order valence-electron chi connectivity index (χ1n) is 42.2. The van der Waals surface area contributed by atoms with Gasteiger partial charge in [-0.05, 0) is 246 Å². The molecule has 3 aliphatic carbocycles. The molecule has 3 aliphatic rings. The molecule has 16 nitrogen and oxygen atoms in total. The molecule has 21 rings (SSSR count). The molecule has 8 aromatic carbocycles. The summed E-state index contributed by atoms with van der Waals surface area (Å²) in [7, 11) is 0. The molecule has 18 aromatic rings. The topological polar surface area (TPSA) is 202 Å². The number of benzene rings is 8. The summed E-state index contributed by atoms with van der Waals surface area (Å²) in [5.74, 6) is -2.70. The number of thiophene rings is 5. The summed E-state index contributed by atoms with van der Waals surface area (Å²) in [5, 5.41) is 2.39. The Labute approximate surface area is 779 Å². The fourth-order valence-corrected chi connectivity index (χ4v) is 20.7. The van der Waals surface area contributed by atoms with Gasteiger partial charge in [-0.2, -0.15) is 0 Å². The number of ketones is 6. The van der Waals surface area contributed by atoms with Crippen molar-refractivity contribution in [2.75, 3.05) is 14.7 Å². The molecule has 132 heavy (non-hydrogen) atoms. The number of pyridine rings is 3. The van der Waals surface area contributed by atoms with Crippen molar-refractivity contribution in [2.24, 2.45) is 0 Å². The summed E-state index contributed by atoms with van der Waals surface area (Å²) in [6.45, 7) is 13.0. The third-order valence-corrected chi connectivity index (χ3v) is 28.2. The number of hydrogen-bond donors (Lipinski definition) is 0. The van der Waals surface area contributed by atoms with Crippen LogP contribution in [0.25, 0.3) is 79.8 Å². The Morgan fingerprint density at radius 1 is 0.265 bits per heavy atom. The molecule has 0 atom stereocenters. The number of nitrogens with zero attached hydrogens (tertiary/aromatic N) is 10. The summed E-state index contributed by atoms with van der Waals surface area (Å²) in [5.41, 5.74) is 15.2. The Kier molecular flexibility index (Phi) is 23.6. The number of allylic oxidation sites excluding steroid dienone is 3. The Morgan fingerprint density at radius 2 is 0.583 bits per heavy atom. The summed E-state index contributed by atoms with van der Waals surface area (Å²) in [6, 6.07) is 92.8. The van der Waals surface area contributed by atoms with Gasteiger partial charge in [0, 0.05) is 154 Å². The fourth-order valence-electron chi connectivity index (χ4n) is 15.7. The van der Waals surface area contributed by atoms with Crippen molar-refractivity contribution in [1.82, 2.24) is 34.9 Å². The van der Waals surface area contributed by atoms with Crippen molar-refractivity contribution in [2.45, 2.75) is 52.4 Å².